The fourth-order valence-corrected chi connectivity index (χ4v) is 3.45. The molecule has 0 radical (unpaired) electrons. The summed E-state index contributed by atoms with van der Waals surface area (Å²) in [5, 5.41) is 12.3. The van der Waals surface area contributed by atoms with E-state index >= 15 is 0 Å². The van der Waals surface area contributed by atoms with Gasteiger partial charge in [-0.05, 0) is 51.9 Å². The molecule has 0 aromatic rings. The highest BCUT2D eigenvalue weighted by atomic mass is 16.4. The van der Waals surface area contributed by atoms with Gasteiger partial charge < -0.3 is 15.3 Å². The smallest absolute Gasteiger partial charge is 0.320 e. The molecule has 1 amide bonds. The molecule has 1 aliphatic heterocycles. The number of nitrogens with one attached hydrogen (secondary N) is 1. The van der Waals surface area contributed by atoms with Crippen molar-refractivity contribution in [3.63, 3.8) is 0 Å². The molecule has 2 N–H and O–H groups in total. The van der Waals surface area contributed by atoms with Gasteiger partial charge in [-0.15, -0.1) is 0 Å². The lowest BCUT2D eigenvalue weighted by Gasteiger charge is -2.35. The molecule has 1 aliphatic rings. The summed E-state index contributed by atoms with van der Waals surface area (Å²) in [6.07, 6.45) is 2.08. The van der Waals surface area contributed by atoms with Crippen LogP contribution < -0.4 is 5.32 Å². The number of carbonyl (C=O) groups is 2. The van der Waals surface area contributed by atoms with E-state index in [2.05, 4.69) is 24.1 Å². The van der Waals surface area contributed by atoms with E-state index in [1.165, 1.54) is 0 Å². The van der Waals surface area contributed by atoms with Crippen LogP contribution in [0.15, 0.2) is 0 Å². The van der Waals surface area contributed by atoms with Crippen LogP contribution in [0.4, 0.5) is 0 Å². The lowest BCUT2D eigenvalue weighted by atomic mass is 9.91. The number of rotatable bonds is 8. The van der Waals surface area contributed by atoms with Gasteiger partial charge in [0.05, 0.1) is 0 Å². The highest BCUT2D eigenvalue weighted by Crippen LogP contribution is 2.21. The van der Waals surface area contributed by atoms with Crippen molar-refractivity contribution in [1.29, 1.82) is 0 Å². The summed E-state index contributed by atoms with van der Waals surface area (Å²) in [6.45, 7) is 9.14. The van der Waals surface area contributed by atoms with Crippen LogP contribution >= 0.6 is 0 Å². The van der Waals surface area contributed by atoms with E-state index in [-0.39, 0.29) is 17.2 Å². The predicted molar refractivity (Wildman–Crippen MR) is 91.4 cm³/mol. The number of carboxylic acids is 1. The molecule has 1 fully saturated rings. The first-order valence-corrected chi connectivity index (χ1v) is 8.55. The third-order valence-corrected chi connectivity index (χ3v) is 4.50. The Morgan fingerprint density at radius 3 is 2.30 bits per heavy atom. The second kappa shape index (κ2) is 8.64. The van der Waals surface area contributed by atoms with Gasteiger partial charge in [-0.25, -0.2) is 0 Å². The number of hydrogen-bond acceptors (Lipinski definition) is 4. The van der Waals surface area contributed by atoms with Crippen molar-refractivity contribution in [1.82, 2.24) is 15.1 Å². The molecule has 0 saturated carbocycles. The van der Waals surface area contributed by atoms with Crippen molar-refractivity contribution in [2.75, 3.05) is 40.3 Å². The zero-order chi connectivity index (χ0) is 17.6. The minimum absolute atomic E-state index is 0.00714. The quantitative estimate of drug-likeness (QED) is 0.702. The molecule has 23 heavy (non-hydrogen) atoms. The number of nitrogens with zero attached hydrogens (tertiary/aromatic N) is 2. The van der Waals surface area contributed by atoms with E-state index in [1.807, 2.05) is 25.9 Å². The third-order valence-electron chi connectivity index (χ3n) is 4.50. The van der Waals surface area contributed by atoms with Crippen molar-refractivity contribution in [3.05, 3.63) is 0 Å². The van der Waals surface area contributed by atoms with Crippen LogP contribution in [0.25, 0.3) is 0 Å². The van der Waals surface area contributed by atoms with Crippen LogP contribution in [-0.4, -0.2) is 73.1 Å². The predicted octanol–water partition coefficient (Wildman–Crippen LogP) is 1.27. The normalized spacial score (nSPS) is 18.9. The Bertz CT molecular complexity index is 402. The molecule has 0 aliphatic carbocycles. The van der Waals surface area contributed by atoms with Gasteiger partial charge in [-0.3, -0.25) is 14.5 Å². The van der Waals surface area contributed by atoms with Crippen molar-refractivity contribution in [3.8, 4) is 0 Å². The zero-order valence-corrected chi connectivity index (χ0v) is 15.3. The molecule has 0 spiro atoms. The number of amides is 1. The van der Waals surface area contributed by atoms with Gasteiger partial charge in [0.2, 0.25) is 5.91 Å². The molecule has 1 unspecified atom stereocenters. The van der Waals surface area contributed by atoms with Crippen molar-refractivity contribution in [2.45, 2.75) is 46.1 Å². The first kappa shape index (κ1) is 19.9. The lowest BCUT2D eigenvalue weighted by Crippen LogP contribution is -2.48. The fraction of sp³-hybridized carbons (Fsp3) is 0.882. The minimum Gasteiger partial charge on any atom is -0.480 e. The molecule has 1 saturated heterocycles. The molecule has 134 valence electrons. The summed E-state index contributed by atoms with van der Waals surface area (Å²) in [7, 11) is 4.07. The minimum atomic E-state index is -0.763. The Balaban J connectivity index is 2.42. The second-order valence-electron chi connectivity index (χ2n) is 7.69. The molecule has 6 heteroatoms. The van der Waals surface area contributed by atoms with Crippen molar-refractivity contribution < 1.29 is 14.7 Å². The average molecular weight is 327 g/mol. The van der Waals surface area contributed by atoms with E-state index < -0.39 is 12.0 Å². The standard InChI is InChI=1S/C17H33N3O3/c1-6-14(16(22)23)20-9-7-13(8-10-20)15(21)18-11-17(2,3)12-19(4)5/h13-14H,6-12H2,1-5H3,(H,18,21)(H,22,23). The highest BCUT2D eigenvalue weighted by Gasteiger charge is 2.31. The molecule has 0 aromatic carbocycles. The maximum atomic E-state index is 12.4. The monoisotopic (exact) mass is 327 g/mol. The Kier molecular flexibility index (Phi) is 7.48. The van der Waals surface area contributed by atoms with Crippen LogP contribution in [0.1, 0.15) is 40.0 Å². The SMILES string of the molecule is CCC(C(=O)O)N1CCC(C(=O)NCC(C)(C)CN(C)C)CC1. The van der Waals surface area contributed by atoms with E-state index in [0.29, 0.717) is 26.1 Å². The van der Waals surface area contributed by atoms with Crippen molar-refractivity contribution in [2.24, 2.45) is 11.3 Å². The van der Waals surface area contributed by atoms with Crippen LogP contribution in [-0.2, 0) is 9.59 Å². The second-order valence-corrected chi connectivity index (χ2v) is 7.69. The Labute approximate surface area is 140 Å². The van der Waals surface area contributed by atoms with Crippen LogP contribution in [0.5, 0.6) is 0 Å². The summed E-state index contributed by atoms with van der Waals surface area (Å²) >= 11 is 0. The maximum absolute atomic E-state index is 12.4. The number of carbonyl (C=O) groups excluding carboxylic acids is 1. The van der Waals surface area contributed by atoms with Gasteiger partial charge >= 0.3 is 5.97 Å². The van der Waals surface area contributed by atoms with E-state index in [0.717, 1.165) is 19.4 Å². The number of piperidine rings is 1. The van der Waals surface area contributed by atoms with Gasteiger partial charge in [0, 0.05) is 19.0 Å². The van der Waals surface area contributed by atoms with Gasteiger partial charge in [0.1, 0.15) is 6.04 Å². The molecule has 1 atom stereocenters. The van der Waals surface area contributed by atoms with E-state index in [1.54, 1.807) is 0 Å². The average Bonchev–Trinajstić information content (AvgIpc) is 2.44. The Morgan fingerprint density at radius 1 is 1.30 bits per heavy atom. The zero-order valence-electron chi connectivity index (χ0n) is 15.3. The van der Waals surface area contributed by atoms with Gasteiger partial charge in [0.15, 0.2) is 0 Å². The highest BCUT2D eigenvalue weighted by molar-refractivity contribution is 5.79. The van der Waals surface area contributed by atoms with Gasteiger partial charge in [0.25, 0.3) is 0 Å². The molecular weight excluding hydrogens is 294 g/mol. The summed E-state index contributed by atoms with van der Waals surface area (Å²) in [6, 6.07) is -0.418. The number of hydrogen-bond donors (Lipinski definition) is 2. The van der Waals surface area contributed by atoms with E-state index in [4.69, 9.17) is 0 Å². The molecule has 1 heterocycles. The first-order chi connectivity index (χ1) is 10.7. The molecule has 1 rings (SSSR count). The molecule has 0 bridgehead atoms. The largest absolute Gasteiger partial charge is 0.480 e. The Hall–Kier alpha value is -1.14. The third kappa shape index (κ3) is 6.47. The number of carboxylic acid groups (broad SMARTS) is 1. The van der Waals surface area contributed by atoms with Crippen molar-refractivity contribution >= 4 is 11.9 Å². The van der Waals surface area contributed by atoms with Gasteiger partial charge in [-0.2, -0.15) is 0 Å². The number of aliphatic carboxylic acids is 1. The topological polar surface area (TPSA) is 72.9 Å². The molecule has 6 nitrogen and oxygen atoms in total. The molecular formula is C17H33N3O3. The number of likely N-dealkylation sites (tertiary alicyclic amines) is 1. The fourth-order valence-electron chi connectivity index (χ4n) is 3.45. The van der Waals surface area contributed by atoms with Crippen LogP contribution in [0.3, 0.4) is 0 Å². The first-order valence-electron chi connectivity index (χ1n) is 8.55. The van der Waals surface area contributed by atoms with Gasteiger partial charge in [-0.1, -0.05) is 20.8 Å². The lowest BCUT2D eigenvalue weighted by molar-refractivity contribution is -0.144. The summed E-state index contributed by atoms with van der Waals surface area (Å²) in [5.74, 6) is -0.645. The summed E-state index contributed by atoms with van der Waals surface area (Å²) in [5.41, 5.74) is 0.0382. The molecule has 0 aromatic heterocycles. The maximum Gasteiger partial charge on any atom is 0.320 e. The van der Waals surface area contributed by atoms with E-state index in [9.17, 15) is 14.7 Å². The summed E-state index contributed by atoms with van der Waals surface area (Å²) in [4.78, 5) is 27.7. The summed E-state index contributed by atoms with van der Waals surface area (Å²) < 4.78 is 0. The Morgan fingerprint density at radius 2 is 1.87 bits per heavy atom. The van der Waals surface area contributed by atoms with Crippen LogP contribution in [0.2, 0.25) is 0 Å². The van der Waals surface area contributed by atoms with Crippen LogP contribution in [0, 0.1) is 11.3 Å².